The molecule has 0 fully saturated rings. The predicted molar refractivity (Wildman–Crippen MR) is 240 cm³/mol. The SMILES string of the molecule is CC1(C)c2cc(-c3ccccc3)ccc2-c2c(N(c3ccc(-c4ccccc4)cc3)c3ccc(-c4cccc5c4oc4ccccc45)cc3)cc3ccccc3c21. The van der Waals surface area contributed by atoms with Crippen molar-refractivity contribution in [2.24, 2.45) is 0 Å². The Morgan fingerprint density at radius 1 is 0.421 bits per heavy atom. The second-order valence-corrected chi connectivity index (χ2v) is 15.7. The van der Waals surface area contributed by atoms with Crippen LogP contribution in [0.1, 0.15) is 25.0 Å². The number of anilines is 3. The Morgan fingerprint density at radius 3 is 1.70 bits per heavy atom. The van der Waals surface area contributed by atoms with Gasteiger partial charge in [-0.05, 0) is 97.7 Å². The lowest BCUT2D eigenvalue weighted by Gasteiger charge is -2.30. The summed E-state index contributed by atoms with van der Waals surface area (Å²) in [6.45, 7) is 4.80. The Kier molecular flexibility index (Phi) is 7.55. The van der Waals surface area contributed by atoms with Crippen LogP contribution in [0.3, 0.4) is 0 Å². The number of fused-ring (bicyclic) bond motifs is 8. The summed E-state index contributed by atoms with van der Waals surface area (Å²) in [6.07, 6.45) is 0. The molecular weight excluding hydrogens is 691 g/mol. The van der Waals surface area contributed by atoms with Crippen molar-refractivity contribution in [2.45, 2.75) is 19.3 Å². The first kappa shape index (κ1) is 33.2. The molecule has 0 N–H and O–H groups in total. The molecule has 0 unspecified atom stereocenters. The van der Waals surface area contributed by atoms with Crippen molar-refractivity contribution in [3.8, 4) is 44.5 Å². The zero-order valence-corrected chi connectivity index (χ0v) is 31.9. The van der Waals surface area contributed by atoms with E-state index < -0.39 is 0 Å². The Morgan fingerprint density at radius 2 is 0.982 bits per heavy atom. The highest BCUT2D eigenvalue weighted by molar-refractivity contribution is 6.10. The highest BCUT2D eigenvalue weighted by atomic mass is 16.3. The molecule has 0 bridgehead atoms. The van der Waals surface area contributed by atoms with Gasteiger partial charge in [0.25, 0.3) is 0 Å². The zero-order chi connectivity index (χ0) is 38.1. The summed E-state index contributed by atoms with van der Waals surface area (Å²) in [4.78, 5) is 2.46. The molecule has 57 heavy (non-hydrogen) atoms. The molecule has 1 aliphatic rings. The first-order valence-corrected chi connectivity index (χ1v) is 19.8. The molecule has 0 spiro atoms. The summed E-state index contributed by atoms with van der Waals surface area (Å²) >= 11 is 0. The summed E-state index contributed by atoms with van der Waals surface area (Å²) < 4.78 is 6.47. The van der Waals surface area contributed by atoms with Crippen LogP contribution in [0.2, 0.25) is 0 Å². The fourth-order valence-electron chi connectivity index (χ4n) is 9.28. The lowest BCUT2D eigenvalue weighted by atomic mass is 9.79. The van der Waals surface area contributed by atoms with Gasteiger partial charge in [0.05, 0.1) is 5.69 Å². The van der Waals surface area contributed by atoms with Crippen LogP contribution < -0.4 is 4.90 Å². The molecule has 1 aliphatic carbocycles. The first-order chi connectivity index (χ1) is 28.0. The van der Waals surface area contributed by atoms with E-state index in [1.165, 1.54) is 61.0 Å². The monoisotopic (exact) mass is 729 g/mol. The number of hydrogen-bond acceptors (Lipinski definition) is 2. The summed E-state index contributed by atoms with van der Waals surface area (Å²) in [6, 6.07) is 72.6. The van der Waals surface area contributed by atoms with Crippen LogP contribution >= 0.6 is 0 Å². The molecule has 1 heterocycles. The van der Waals surface area contributed by atoms with Crippen LogP contribution in [0, 0.1) is 0 Å². The number of benzene rings is 9. The van der Waals surface area contributed by atoms with Gasteiger partial charge in [0.1, 0.15) is 11.2 Å². The number of furan rings is 1. The van der Waals surface area contributed by atoms with Crippen molar-refractivity contribution in [3.63, 3.8) is 0 Å². The Balaban J connectivity index is 1.12. The van der Waals surface area contributed by atoms with Crippen LogP contribution in [0.5, 0.6) is 0 Å². The lowest BCUT2D eigenvalue weighted by molar-refractivity contribution is 0.666. The van der Waals surface area contributed by atoms with Gasteiger partial charge in [-0.3, -0.25) is 0 Å². The highest BCUT2D eigenvalue weighted by Crippen LogP contribution is 2.57. The van der Waals surface area contributed by atoms with Crippen LogP contribution in [-0.4, -0.2) is 0 Å². The summed E-state index contributed by atoms with van der Waals surface area (Å²) in [5.41, 5.74) is 17.3. The van der Waals surface area contributed by atoms with Gasteiger partial charge in [-0.2, -0.15) is 0 Å². The quantitative estimate of drug-likeness (QED) is 0.169. The van der Waals surface area contributed by atoms with Gasteiger partial charge in [0.15, 0.2) is 0 Å². The molecule has 270 valence electrons. The first-order valence-electron chi connectivity index (χ1n) is 19.8. The molecule has 0 saturated carbocycles. The third-order valence-corrected chi connectivity index (χ3v) is 12.0. The number of rotatable bonds is 6. The second kappa shape index (κ2) is 13.0. The van der Waals surface area contributed by atoms with Crippen LogP contribution in [-0.2, 0) is 5.41 Å². The number of para-hydroxylation sites is 2. The van der Waals surface area contributed by atoms with Gasteiger partial charge in [-0.15, -0.1) is 0 Å². The van der Waals surface area contributed by atoms with Gasteiger partial charge in [0.2, 0.25) is 0 Å². The van der Waals surface area contributed by atoms with Crippen LogP contribution in [0.25, 0.3) is 77.2 Å². The molecule has 10 aromatic rings. The summed E-state index contributed by atoms with van der Waals surface area (Å²) in [5, 5.41) is 4.80. The van der Waals surface area contributed by atoms with E-state index in [4.69, 9.17) is 4.42 Å². The van der Waals surface area contributed by atoms with Crippen molar-refractivity contribution in [3.05, 3.63) is 211 Å². The Hall–Kier alpha value is -7.16. The minimum atomic E-state index is -0.233. The van der Waals surface area contributed by atoms with Crippen molar-refractivity contribution in [2.75, 3.05) is 4.90 Å². The fourth-order valence-corrected chi connectivity index (χ4v) is 9.28. The smallest absolute Gasteiger partial charge is 0.143 e. The van der Waals surface area contributed by atoms with E-state index in [-0.39, 0.29) is 5.41 Å². The minimum Gasteiger partial charge on any atom is -0.455 e. The topological polar surface area (TPSA) is 16.4 Å². The molecule has 1 aromatic heterocycles. The molecule has 0 aliphatic heterocycles. The predicted octanol–water partition coefficient (Wildman–Crippen LogP) is 15.5. The third-order valence-electron chi connectivity index (χ3n) is 12.0. The van der Waals surface area contributed by atoms with E-state index in [1.54, 1.807) is 0 Å². The fraction of sp³-hybridized carbons (Fsp3) is 0.0545. The largest absolute Gasteiger partial charge is 0.455 e. The van der Waals surface area contributed by atoms with Crippen molar-refractivity contribution in [1.29, 1.82) is 0 Å². The lowest BCUT2D eigenvalue weighted by Crippen LogP contribution is -2.17. The normalized spacial score (nSPS) is 12.9. The minimum absolute atomic E-state index is 0.233. The van der Waals surface area contributed by atoms with Gasteiger partial charge >= 0.3 is 0 Å². The maximum atomic E-state index is 6.47. The summed E-state index contributed by atoms with van der Waals surface area (Å²) in [7, 11) is 0. The van der Waals surface area contributed by atoms with E-state index in [2.05, 4.69) is 207 Å². The van der Waals surface area contributed by atoms with E-state index >= 15 is 0 Å². The highest BCUT2D eigenvalue weighted by Gasteiger charge is 2.40. The van der Waals surface area contributed by atoms with Crippen molar-refractivity contribution < 1.29 is 4.42 Å². The maximum absolute atomic E-state index is 6.47. The van der Waals surface area contributed by atoms with Gasteiger partial charge in [0, 0.05) is 38.7 Å². The van der Waals surface area contributed by atoms with Gasteiger partial charge < -0.3 is 9.32 Å². The molecule has 11 rings (SSSR count). The molecule has 0 atom stereocenters. The number of nitrogens with zero attached hydrogens (tertiary/aromatic N) is 1. The summed E-state index contributed by atoms with van der Waals surface area (Å²) in [5.74, 6) is 0. The van der Waals surface area contributed by atoms with E-state index in [0.29, 0.717) is 0 Å². The van der Waals surface area contributed by atoms with Gasteiger partial charge in [-0.25, -0.2) is 0 Å². The van der Waals surface area contributed by atoms with Gasteiger partial charge in [-0.1, -0.05) is 172 Å². The third kappa shape index (κ3) is 5.33. The molecule has 9 aromatic carbocycles. The molecule has 2 heteroatoms. The average molecular weight is 730 g/mol. The second-order valence-electron chi connectivity index (χ2n) is 15.7. The average Bonchev–Trinajstić information content (AvgIpc) is 3.77. The van der Waals surface area contributed by atoms with E-state index in [9.17, 15) is 0 Å². The van der Waals surface area contributed by atoms with Crippen LogP contribution in [0.15, 0.2) is 205 Å². The molecule has 0 amide bonds. The van der Waals surface area contributed by atoms with E-state index in [0.717, 1.165) is 44.4 Å². The molecular formula is C55H39NO. The van der Waals surface area contributed by atoms with Crippen molar-refractivity contribution in [1.82, 2.24) is 0 Å². The Labute approximate surface area is 332 Å². The van der Waals surface area contributed by atoms with E-state index in [1.807, 2.05) is 12.1 Å². The Bertz CT molecular complexity index is 3120. The van der Waals surface area contributed by atoms with Crippen molar-refractivity contribution >= 4 is 49.8 Å². The maximum Gasteiger partial charge on any atom is 0.143 e. The standard InChI is InChI=1S/C55H39NO/c1-55(2)49-34-40(37-16-7-4-8-17-37)28-33-48(49)52-50(35-41-18-9-10-19-44(41)53(52)55)56(42-29-24-38(25-30-42)36-14-5-3-6-15-36)43-31-26-39(27-32-43)45-21-13-22-47-46-20-11-12-23-51(46)57-54(45)47/h3-35H,1-2H3. The molecule has 0 saturated heterocycles. The molecule has 2 nitrogen and oxygen atoms in total. The number of hydrogen-bond donors (Lipinski definition) is 0. The van der Waals surface area contributed by atoms with Crippen LogP contribution in [0.4, 0.5) is 17.1 Å². The molecule has 0 radical (unpaired) electrons. The zero-order valence-electron chi connectivity index (χ0n) is 31.9.